The molecule has 0 aromatic heterocycles. The third-order valence-corrected chi connectivity index (χ3v) is 4.76. The van der Waals surface area contributed by atoms with Gasteiger partial charge in [0.15, 0.2) is 6.61 Å². The van der Waals surface area contributed by atoms with Crippen molar-refractivity contribution in [3.63, 3.8) is 0 Å². The summed E-state index contributed by atoms with van der Waals surface area (Å²) in [5.74, 6) is -0.267. The fourth-order valence-electron chi connectivity index (χ4n) is 2.80. The molecule has 0 radical (unpaired) electrons. The molecule has 1 fully saturated rings. The molecule has 0 spiro atoms. The lowest BCUT2D eigenvalue weighted by atomic mass is 9.86. The van der Waals surface area contributed by atoms with Crippen molar-refractivity contribution in [1.82, 2.24) is 5.32 Å². The van der Waals surface area contributed by atoms with Gasteiger partial charge in [-0.1, -0.05) is 49.0 Å². The van der Waals surface area contributed by atoms with E-state index in [1.807, 2.05) is 0 Å². The van der Waals surface area contributed by atoms with Gasteiger partial charge in [-0.3, -0.25) is 9.59 Å². The Labute approximate surface area is 146 Å². The van der Waals surface area contributed by atoms with Crippen LogP contribution in [-0.4, -0.2) is 24.5 Å². The Hall–Kier alpha value is -1.26. The normalized spacial score (nSPS) is 20.8. The van der Waals surface area contributed by atoms with Crippen molar-refractivity contribution >= 4 is 35.1 Å². The highest BCUT2D eigenvalue weighted by Gasteiger charge is 2.23. The smallest absolute Gasteiger partial charge is 0.310 e. The maximum atomic E-state index is 11.9. The van der Waals surface area contributed by atoms with E-state index >= 15 is 0 Å². The topological polar surface area (TPSA) is 55.4 Å². The molecule has 0 saturated heterocycles. The molecule has 0 heterocycles. The molecular weight excluding hydrogens is 337 g/mol. The summed E-state index contributed by atoms with van der Waals surface area (Å²) in [5.41, 5.74) is 0.627. The second-order valence-corrected chi connectivity index (χ2v) is 6.85. The predicted molar refractivity (Wildman–Crippen MR) is 90.7 cm³/mol. The fourth-order valence-corrected chi connectivity index (χ4v) is 3.27. The third kappa shape index (κ3) is 5.70. The number of amides is 1. The summed E-state index contributed by atoms with van der Waals surface area (Å²) in [7, 11) is 0. The summed E-state index contributed by atoms with van der Waals surface area (Å²) in [6.07, 6.45) is 4.47. The summed E-state index contributed by atoms with van der Waals surface area (Å²) < 4.78 is 5.03. The molecule has 23 heavy (non-hydrogen) atoms. The van der Waals surface area contributed by atoms with E-state index in [0.717, 1.165) is 19.3 Å². The standard InChI is InChI=1S/C17H21Cl2NO3/c1-11-4-2-3-5-15(11)20-16(21)10-23-17(22)8-12-6-7-13(18)9-14(12)19/h6-7,9,11,15H,2-5,8,10H2,1H3,(H,20,21)/t11-,15+/m1/s1. The van der Waals surface area contributed by atoms with Crippen molar-refractivity contribution < 1.29 is 14.3 Å². The van der Waals surface area contributed by atoms with E-state index in [4.69, 9.17) is 27.9 Å². The first-order valence-electron chi connectivity index (χ1n) is 7.84. The van der Waals surface area contributed by atoms with Gasteiger partial charge in [0.2, 0.25) is 0 Å². The van der Waals surface area contributed by atoms with Crippen molar-refractivity contribution in [2.45, 2.75) is 45.1 Å². The minimum Gasteiger partial charge on any atom is -0.455 e. The number of hydrogen-bond donors (Lipinski definition) is 1. The predicted octanol–water partition coefficient (Wildman–Crippen LogP) is 3.77. The van der Waals surface area contributed by atoms with Gasteiger partial charge in [-0.05, 0) is 36.5 Å². The number of ether oxygens (including phenoxy) is 1. The van der Waals surface area contributed by atoms with E-state index in [2.05, 4.69) is 12.2 Å². The van der Waals surface area contributed by atoms with Gasteiger partial charge in [0.25, 0.3) is 5.91 Å². The van der Waals surface area contributed by atoms with Crippen LogP contribution >= 0.6 is 23.2 Å². The second-order valence-electron chi connectivity index (χ2n) is 6.01. The highest BCUT2D eigenvalue weighted by molar-refractivity contribution is 6.35. The maximum absolute atomic E-state index is 11.9. The largest absolute Gasteiger partial charge is 0.455 e. The summed E-state index contributed by atoms with van der Waals surface area (Å²) in [6, 6.07) is 5.09. The Balaban J connectivity index is 1.76. The fraction of sp³-hybridized carbons (Fsp3) is 0.529. The zero-order valence-corrected chi connectivity index (χ0v) is 14.6. The molecule has 0 unspecified atom stereocenters. The van der Waals surface area contributed by atoms with Crippen LogP contribution in [0.1, 0.15) is 38.2 Å². The van der Waals surface area contributed by atoms with E-state index in [9.17, 15) is 9.59 Å². The quantitative estimate of drug-likeness (QED) is 0.815. The van der Waals surface area contributed by atoms with Gasteiger partial charge in [0.05, 0.1) is 6.42 Å². The maximum Gasteiger partial charge on any atom is 0.310 e. The van der Waals surface area contributed by atoms with Crippen molar-refractivity contribution in [3.8, 4) is 0 Å². The average Bonchev–Trinajstić information content (AvgIpc) is 2.50. The van der Waals surface area contributed by atoms with E-state index < -0.39 is 5.97 Å². The number of halogens is 2. The molecule has 1 aliphatic carbocycles. The highest BCUT2D eigenvalue weighted by atomic mass is 35.5. The summed E-state index contributed by atoms with van der Waals surface area (Å²) in [5, 5.41) is 3.87. The van der Waals surface area contributed by atoms with Crippen LogP contribution in [-0.2, 0) is 20.7 Å². The molecule has 1 N–H and O–H groups in total. The van der Waals surface area contributed by atoms with E-state index in [1.165, 1.54) is 6.42 Å². The minimum absolute atomic E-state index is 0.0170. The lowest BCUT2D eigenvalue weighted by molar-refractivity contribution is -0.148. The molecule has 1 aromatic rings. The van der Waals surface area contributed by atoms with Crippen LogP contribution in [0.25, 0.3) is 0 Å². The van der Waals surface area contributed by atoms with E-state index in [1.54, 1.807) is 18.2 Å². The van der Waals surface area contributed by atoms with Crippen LogP contribution in [0.15, 0.2) is 18.2 Å². The molecule has 1 aliphatic rings. The Kier molecular flexibility index (Phi) is 6.72. The zero-order chi connectivity index (χ0) is 16.8. The summed E-state index contributed by atoms with van der Waals surface area (Å²) >= 11 is 11.8. The number of hydrogen-bond acceptors (Lipinski definition) is 3. The molecule has 2 rings (SSSR count). The van der Waals surface area contributed by atoms with E-state index in [0.29, 0.717) is 21.5 Å². The van der Waals surface area contributed by atoms with Gasteiger partial charge in [0.1, 0.15) is 0 Å². The van der Waals surface area contributed by atoms with Crippen LogP contribution in [0.2, 0.25) is 10.0 Å². The zero-order valence-electron chi connectivity index (χ0n) is 13.1. The SMILES string of the molecule is C[C@@H]1CCCC[C@@H]1NC(=O)COC(=O)Cc1ccc(Cl)cc1Cl. The van der Waals surface area contributed by atoms with Crippen LogP contribution in [0.3, 0.4) is 0 Å². The Bertz CT molecular complexity index is 577. The Morgan fingerprint density at radius 2 is 2.00 bits per heavy atom. The van der Waals surface area contributed by atoms with Crippen molar-refractivity contribution in [1.29, 1.82) is 0 Å². The minimum atomic E-state index is -0.485. The summed E-state index contributed by atoms with van der Waals surface area (Å²) in [6.45, 7) is 1.88. The number of benzene rings is 1. The molecule has 1 amide bonds. The van der Waals surface area contributed by atoms with Gasteiger partial charge in [-0.2, -0.15) is 0 Å². The van der Waals surface area contributed by atoms with Crippen LogP contribution in [0, 0.1) is 5.92 Å². The van der Waals surface area contributed by atoms with Gasteiger partial charge in [-0.15, -0.1) is 0 Å². The first kappa shape index (κ1) is 18.1. The molecular formula is C17H21Cl2NO3. The van der Waals surface area contributed by atoms with Crippen molar-refractivity contribution in [2.24, 2.45) is 5.92 Å². The lowest BCUT2D eigenvalue weighted by Gasteiger charge is -2.29. The van der Waals surface area contributed by atoms with Gasteiger partial charge in [-0.25, -0.2) is 0 Å². The van der Waals surface area contributed by atoms with Crippen molar-refractivity contribution in [3.05, 3.63) is 33.8 Å². The second kappa shape index (κ2) is 8.55. The lowest BCUT2D eigenvalue weighted by Crippen LogP contribution is -2.42. The molecule has 4 nitrogen and oxygen atoms in total. The number of nitrogens with one attached hydrogen (secondary N) is 1. The summed E-state index contributed by atoms with van der Waals surface area (Å²) in [4.78, 5) is 23.7. The molecule has 0 aliphatic heterocycles. The van der Waals surface area contributed by atoms with Crippen molar-refractivity contribution in [2.75, 3.05) is 6.61 Å². The molecule has 126 valence electrons. The van der Waals surface area contributed by atoms with Crippen LogP contribution in [0.5, 0.6) is 0 Å². The average molecular weight is 358 g/mol. The number of carbonyl (C=O) groups is 2. The van der Waals surface area contributed by atoms with Crippen LogP contribution in [0.4, 0.5) is 0 Å². The molecule has 0 bridgehead atoms. The van der Waals surface area contributed by atoms with Crippen LogP contribution < -0.4 is 5.32 Å². The number of rotatable bonds is 5. The monoisotopic (exact) mass is 357 g/mol. The van der Waals surface area contributed by atoms with Gasteiger partial charge < -0.3 is 10.1 Å². The Morgan fingerprint density at radius 3 is 2.70 bits per heavy atom. The Morgan fingerprint density at radius 1 is 1.26 bits per heavy atom. The molecule has 2 atom stereocenters. The molecule has 1 saturated carbocycles. The number of esters is 1. The first-order valence-corrected chi connectivity index (χ1v) is 8.60. The number of carbonyl (C=O) groups excluding carboxylic acids is 2. The highest BCUT2D eigenvalue weighted by Crippen LogP contribution is 2.24. The van der Waals surface area contributed by atoms with E-state index in [-0.39, 0.29) is 25.0 Å². The van der Waals surface area contributed by atoms with Gasteiger partial charge in [0, 0.05) is 16.1 Å². The third-order valence-electron chi connectivity index (χ3n) is 4.17. The first-order chi connectivity index (χ1) is 11.0. The molecule has 6 heteroatoms. The molecule has 1 aromatic carbocycles. The van der Waals surface area contributed by atoms with Gasteiger partial charge >= 0.3 is 5.97 Å².